The zero-order chi connectivity index (χ0) is 26.5. The molecule has 0 aliphatic carbocycles. The third-order valence-corrected chi connectivity index (χ3v) is 6.44. The van der Waals surface area contributed by atoms with E-state index in [2.05, 4.69) is 12.2 Å². The fourth-order valence-corrected chi connectivity index (χ4v) is 4.72. The number of ether oxygens (including phenoxy) is 2. The van der Waals surface area contributed by atoms with Gasteiger partial charge in [0.25, 0.3) is 0 Å². The number of esters is 2. The Morgan fingerprint density at radius 3 is 1.32 bits per heavy atom. The Bertz CT molecular complexity index is 1620. The summed E-state index contributed by atoms with van der Waals surface area (Å²) < 4.78 is 10.6. The first-order valence-corrected chi connectivity index (χ1v) is 12.8. The quantitative estimate of drug-likeness (QED) is 0.212. The summed E-state index contributed by atoms with van der Waals surface area (Å²) in [7, 11) is 0. The maximum absolute atomic E-state index is 12.7. The summed E-state index contributed by atoms with van der Waals surface area (Å²) in [6.45, 7) is 4.22. The molecule has 0 unspecified atom stereocenters. The standard InChI is InChI=1S/C34H28O4/c1-3-37-33(35)25-15-17-27-30(20-24-13-9-6-10-14-24)32-22-26(34(36)38-4-2)16-18-28(32)29(31(27)21-25)19-23-11-7-5-8-12-23/h5-22H,3-4H2,1-2H3/b29-19+,30-20+. The van der Waals surface area contributed by atoms with Crippen LogP contribution >= 0.6 is 0 Å². The molecule has 0 N–H and O–H groups in total. The molecule has 0 amide bonds. The van der Waals surface area contributed by atoms with Crippen LogP contribution in [0.2, 0.25) is 0 Å². The van der Waals surface area contributed by atoms with E-state index in [0.29, 0.717) is 24.3 Å². The van der Waals surface area contributed by atoms with Crippen molar-refractivity contribution in [2.75, 3.05) is 13.2 Å². The topological polar surface area (TPSA) is 52.6 Å². The Balaban J connectivity index is 1.95. The number of hydrogen-bond acceptors (Lipinski definition) is 4. The third-order valence-electron chi connectivity index (χ3n) is 6.44. The normalized spacial score (nSPS) is 12.2. The van der Waals surface area contributed by atoms with Gasteiger partial charge in [-0.25, -0.2) is 9.59 Å². The molecule has 0 spiro atoms. The predicted octanol–water partition coefficient (Wildman–Crippen LogP) is 6.00. The van der Waals surface area contributed by atoms with Crippen LogP contribution in [0.5, 0.6) is 0 Å². The molecular formula is C34H28O4. The second-order valence-electron chi connectivity index (χ2n) is 8.90. The molecule has 0 aliphatic rings. The van der Waals surface area contributed by atoms with Crippen molar-refractivity contribution < 1.29 is 19.1 Å². The Morgan fingerprint density at radius 2 is 0.947 bits per heavy atom. The molecule has 4 heteroatoms. The number of hydrogen-bond donors (Lipinski definition) is 0. The molecule has 0 atom stereocenters. The summed E-state index contributed by atoms with van der Waals surface area (Å²) in [6.07, 6.45) is 4.24. The average Bonchev–Trinajstić information content (AvgIpc) is 2.95. The van der Waals surface area contributed by atoms with Gasteiger partial charge in [-0.05, 0) is 93.4 Å². The van der Waals surface area contributed by atoms with Gasteiger partial charge in [-0.15, -0.1) is 0 Å². The Kier molecular flexibility index (Phi) is 7.32. The highest BCUT2D eigenvalue weighted by atomic mass is 16.5. The second kappa shape index (κ2) is 11.1. The van der Waals surface area contributed by atoms with E-state index in [-0.39, 0.29) is 11.9 Å². The van der Waals surface area contributed by atoms with E-state index >= 15 is 0 Å². The van der Waals surface area contributed by atoms with Crippen LogP contribution in [0.3, 0.4) is 0 Å². The molecule has 0 fully saturated rings. The van der Waals surface area contributed by atoms with Crippen molar-refractivity contribution in [1.82, 2.24) is 0 Å². The molecule has 4 nitrogen and oxygen atoms in total. The molecule has 0 aromatic heterocycles. The van der Waals surface area contributed by atoms with Crippen molar-refractivity contribution in [3.05, 3.63) is 130 Å². The molecule has 5 aromatic carbocycles. The minimum atomic E-state index is -0.355. The highest BCUT2D eigenvalue weighted by Crippen LogP contribution is 2.20. The SMILES string of the molecule is CCOC(=O)c1ccc2/c(=C\c3ccccc3)c3cc(C(=O)OCC)ccc3/c(=C\c3ccccc3)c2c1. The van der Waals surface area contributed by atoms with E-state index in [1.165, 1.54) is 0 Å². The van der Waals surface area contributed by atoms with Gasteiger partial charge in [0.05, 0.1) is 24.3 Å². The first-order valence-electron chi connectivity index (χ1n) is 12.8. The lowest BCUT2D eigenvalue weighted by molar-refractivity contribution is 0.0517. The van der Waals surface area contributed by atoms with Gasteiger partial charge < -0.3 is 9.47 Å². The van der Waals surface area contributed by atoms with Gasteiger partial charge in [0.1, 0.15) is 0 Å². The van der Waals surface area contributed by atoms with Crippen LogP contribution in [0.4, 0.5) is 0 Å². The Morgan fingerprint density at radius 1 is 0.553 bits per heavy atom. The average molecular weight is 501 g/mol. The third kappa shape index (κ3) is 5.07. The van der Waals surface area contributed by atoms with Gasteiger partial charge in [-0.3, -0.25) is 0 Å². The minimum absolute atomic E-state index is 0.307. The van der Waals surface area contributed by atoms with E-state index in [4.69, 9.17) is 9.47 Å². The van der Waals surface area contributed by atoms with E-state index in [1.807, 2.05) is 84.9 Å². The summed E-state index contributed by atoms with van der Waals surface area (Å²) in [6, 6.07) is 31.5. The predicted molar refractivity (Wildman–Crippen MR) is 153 cm³/mol. The summed E-state index contributed by atoms with van der Waals surface area (Å²) in [5, 5.41) is 5.73. The second-order valence-corrected chi connectivity index (χ2v) is 8.90. The van der Waals surface area contributed by atoms with Gasteiger partial charge in [-0.1, -0.05) is 72.8 Å². The monoisotopic (exact) mass is 500 g/mol. The molecule has 0 saturated carbocycles. The molecule has 0 heterocycles. The molecule has 188 valence electrons. The number of carbonyl (C=O) groups is 2. The van der Waals surface area contributed by atoms with E-state index in [9.17, 15) is 9.59 Å². The van der Waals surface area contributed by atoms with Gasteiger partial charge in [-0.2, -0.15) is 0 Å². The number of carbonyl (C=O) groups excluding carboxylic acids is 2. The van der Waals surface area contributed by atoms with Crippen molar-refractivity contribution >= 4 is 45.6 Å². The first kappa shape index (κ1) is 25.0. The van der Waals surface area contributed by atoms with Crippen molar-refractivity contribution in [3.63, 3.8) is 0 Å². The fourth-order valence-electron chi connectivity index (χ4n) is 4.72. The maximum atomic E-state index is 12.7. The number of benzene rings is 5. The lowest BCUT2D eigenvalue weighted by atomic mass is 9.93. The van der Waals surface area contributed by atoms with E-state index in [0.717, 1.165) is 43.1 Å². The van der Waals surface area contributed by atoms with Gasteiger partial charge in [0.15, 0.2) is 0 Å². The largest absolute Gasteiger partial charge is 0.462 e. The molecule has 0 saturated heterocycles. The maximum Gasteiger partial charge on any atom is 0.338 e. The highest BCUT2D eigenvalue weighted by Gasteiger charge is 2.14. The Hall–Kier alpha value is -4.70. The molecule has 38 heavy (non-hydrogen) atoms. The minimum Gasteiger partial charge on any atom is -0.462 e. The van der Waals surface area contributed by atoms with Gasteiger partial charge >= 0.3 is 11.9 Å². The van der Waals surface area contributed by atoms with Gasteiger partial charge in [0.2, 0.25) is 0 Å². The van der Waals surface area contributed by atoms with Crippen LogP contribution in [0, 0.1) is 0 Å². The number of fused-ring (bicyclic) bond motifs is 2. The van der Waals surface area contributed by atoms with Crippen LogP contribution in [-0.2, 0) is 9.47 Å². The lowest BCUT2D eigenvalue weighted by Crippen LogP contribution is -2.17. The molecule has 0 bridgehead atoms. The fraction of sp³-hybridized carbons (Fsp3) is 0.118. The smallest absolute Gasteiger partial charge is 0.338 e. The van der Waals surface area contributed by atoms with Crippen LogP contribution in [0.1, 0.15) is 45.7 Å². The number of rotatable bonds is 6. The summed E-state index contributed by atoms with van der Waals surface area (Å²) in [4.78, 5) is 25.4. The summed E-state index contributed by atoms with van der Waals surface area (Å²) >= 11 is 0. The van der Waals surface area contributed by atoms with E-state index in [1.54, 1.807) is 26.0 Å². The first-order chi connectivity index (χ1) is 18.6. The molecule has 0 aliphatic heterocycles. The van der Waals surface area contributed by atoms with Crippen molar-refractivity contribution in [1.29, 1.82) is 0 Å². The summed E-state index contributed by atoms with van der Waals surface area (Å²) in [5.74, 6) is -0.710. The highest BCUT2D eigenvalue weighted by molar-refractivity contribution is 6.06. The van der Waals surface area contributed by atoms with Crippen molar-refractivity contribution in [2.24, 2.45) is 0 Å². The van der Waals surface area contributed by atoms with Crippen molar-refractivity contribution in [2.45, 2.75) is 13.8 Å². The van der Waals surface area contributed by atoms with Crippen LogP contribution in [0.15, 0.2) is 97.1 Å². The molecule has 5 rings (SSSR count). The molecule has 0 radical (unpaired) electrons. The Labute approximate surface area is 221 Å². The van der Waals surface area contributed by atoms with Gasteiger partial charge in [0, 0.05) is 0 Å². The van der Waals surface area contributed by atoms with Crippen molar-refractivity contribution in [3.8, 4) is 0 Å². The van der Waals surface area contributed by atoms with Crippen LogP contribution in [-0.4, -0.2) is 25.2 Å². The zero-order valence-corrected chi connectivity index (χ0v) is 21.4. The summed E-state index contributed by atoms with van der Waals surface area (Å²) in [5.41, 5.74) is 3.06. The molecule has 5 aromatic rings. The lowest BCUT2D eigenvalue weighted by Gasteiger charge is -2.12. The van der Waals surface area contributed by atoms with Crippen LogP contribution < -0.4 is 10.4 Å². The van der Waals surface area contributed by atoms with E-state index < -0.39 is 0 Å². The van der Waals surface area contributed by atoms with Crippen LogP contribution in [0.25, 0.3) is 33.7 Å². The zero-order valence-electron chi connectivity index (χ0n) is 21.4. The molecular weight excluding hydrogens is 472 g/mol.